The van der Waals surface area contributed by atoms with Crippen molar-refractivity contribution in [2.45, 2.75) is 44.2 Å². The van der Waals surface area contributed by atoms with Crippen LogP contribution in [0.2, 0.25) is 0 Å². The summed E-state index contributed by atoms with van der Waals surface area (Å²) in [6.45, 7) is 2.79. The van der Waals surface area contributed by atoms with Crippen molar-refractivity contribution >= 4 is 28.4 Å². The SMILES string of the molecule is CC(Nc1nc(-c2ccccn2)cs1)C1CCC2(CC1)CN(c1ccccn1)C(=O)O2. The van der Waals surface area contributed by atoms with Gasteiger partial charge in [0.15, 0.2) is 5.13 Å². The van der Waals surface area contributed by atoms with Crippen LogP contribution in [0.1, 0.15) is 32.6 Å². The highest BCUT2D eigenvalue weighted by molar-refractivity contribution is 7.14. The van der Waals surface area contributed by atoms with Crippen molar-refractivity contribution in [3.63, 3.8) is 0 Å². The molecule has 1 aliphatic heterocycles. The monoisotopic (exact) mass is 435 g/mol. The smallest absolute Gasteiger partial charge is 0.416 e. The number of nitrogens with zero attached hydrogens (tertiary/aromatic N) is 4. The van der Waals surface area contributed by atoms with Gasteiger partial charge in [-0.3, -0.25) is 9.88 Å². The van der Waals surface area contributed by atoms with E-state index in [0.717, 1.165) is 42.2 Å². The van der Waals surface area contributed by atoms with Gasteiger partial charge in [0.2, 0.25) is 0 Å². The molecule has 0 bridgehead atoms. The lowest BCUT2D eigenvalue weighted by Gasteiger charge is -2.37. The summed E-state index contributed by atoms with van der Waals surface area (Å²) in [5.74, 6) is 1.17. The van der Waals surface area contributed by atoms with E-state index in [-0.39, 0.29) is 6.09 Å². The van der Waals surface area contributed by atoms with Crippen LogP contribution in [-0.4, -0.2) is 39.2 Å². The molecule has 160 valence electrons. The average Bonchev–Trinajstić information content (AvgIpc) is 3.40. The molecule has 1 atom stereocenters. The Morgan fingerprint density at radius 3 is 2.61 bits per heavy atom. The Labute approximate surface area is 185 Å². The molecule has 0 radical (unpaired) electrons. The fourth-order valence-corrected chi connectivity index (χ4v) is 5.33. The average molecular weight is 436 g/mol. The molecule has 1 amide bonds. The number of carbonyl (C=O) groups excluding carboxylic acids is 1. The highest BCUT2D eigenvalue weighted by Crippen LogP contribution is 2.41. The maximum Gasteiger partial charge on any atom is 0.416 e. The molecule has 5 rings (SSSR count). The molecule has 4 heterocycles. The molecule has 2 aliphatic rings. The molecule has 7 nitrogen and oxygen atoms in total. The number of rotatable bonds is 5. The number of hydrogen-bond donors (Lipinski definition) is 1. The lowest BCUT2D eigenvalue weighted by molar-refractivity contribution is 0.0117. The third-order valence-corrected chi connectivity index (χ3v) is 7.10. The van der Waals surface area contributed by atoms with Crippen molar-refractivity contribution in [1.82, 2.24) is 15.0 Å². The number of amides is 1. The van der Waals surface area contributed by atoms with Crippen LogP contribution in [0.25, 0.3) is 11.4 Å². The van der Waals surface area contributed by atoms with Gasteiger partial charge in [0, 0.05) is 23.8 Å². The summed E-state index contributed by atoms with van der Waals surface area (Å²) < 4.78 is 5.86. The fourth-order valence-electron chi connectivity index (χ4n) is 4.52. The second kappa shape index (κ2) is 8.26. The molecule has 1 unspecified atom stereocenters. The number of aromatic nitrogens is 3. The minimum atomic E-state index is -0.391. The van der Waals surface area contributed by atoms with E-state index in [4.69, 9.17) is 9.72 Å². The Morgan fingerprint density at radius 2 is 1.90 bits per heavy atom. The molecule has 1 N–H and O–H groups in total. The normalized spacial score (nSPS) is 24.2. The molecule has 1 saturated carbocycles. The Morgan fingerprint density at radius 1 is 1.13 bits per heavy atom. The molecule has 1 saturated heterocycles. The Kier molecular flexibility index (Phi) is 5.31. The fraction of sp³-hybridized carbons (Fsp3) is 0.391. The highest BCUT2D eigenvalue weighted by Gasteiger charge is 2.48. The van der Waals surface area contributed by atoms with E-state index in [1.165, 1.54) is 0 Å². The quantitative estimate of drug-likeness (QED) is 0.608. The van der Waals surface area contributed by atoms with Crippen LogP contribution < -0.4 is 10.2 Å². The molecule has 3 aromatic heterocycles. The van der Waals surface area contributed by atoms with Gasteiger partial charge in [-0.1, -0.05) is 12.1 Å². The molecule has 2 fully saturated rings. The maximum absolute atomic E-state index is 12.5. The van der Waals surface area contributed by atoms with Crippen LogP contribution in [-0.2, 0) is 4.74 Å². The predicted molar refractivity (Wildman–Crippen MR) is 121 cm³/mol. The van der Waals surface area contributed by atoms with Gasteiger partial charge in [0.25, 0.3) is 0 Å². The van der Waals surface area contributed by atoms with Crippen molar-refractivity contribution in [3.8, 4) is 11.4 Å². The van der Waals surface area contributed by atoms with Gasteiger partial charge in [-0.2, -0.15) is 0 Å². The van der Waals surface area contributed by atoms with E-state index in [1.54, 1.807) is 28.6 Å². The van der Waals surface area contributed by atoms with Gasteiger partial charge < -0.3 is 10.1 Å². The minimum Gasteiger partial charge on any atom is -0.441 e. The zero-order valence-corrected chi connectivity index (χ0v) is 18.2. The van der Waals surface area contributed by atoms with Crippen LogP contribution in [0.3, 0.4) is 0 Å². The number of hydrogen-bond acceptors (Lipinski definition) is 7. The summed E-state index contributed by atoms with van der Waals surface area (Å²) in [5, 5.41) is 6.53. The first-order valence-electron chi connectivity index (χ1n) is 10.7. The van der Waals surface area contributed by atoms with Crippen LogP contribution >= 0.6 is 11.3 Å². The molecule has 31 heavy (non-hydrogen) atoms. The number of carbonyl (C=O) groups is 1. The standard InChI is InChI=1S/C23H25N5O2S/c1-16(26-21-27-19(14-31-21)18-6-2-4-12-24-18)17-8-10-23(11-9-17)15-28(22(29)30-23)20-7-3-5-13-25-20/h2-7,12-14,16-17H,8-11,15H2,1H3,(H,26,27). The maximum atomic E-state index is 12.5. The van der Waals surface area contributed by atoms with Gasteiger partial charge in [-0.05, 0) is 62.8 Å². The van der Waals surface area contributed by atoms with Crippen molar-refractivity contribution in [3.05, 3.63) is 54.2 Å². The summed E-state index contributed by atoms with van der Waals surface area (Å²) in [5.41, 5.74) is 1.40. The van der Waals surface area contributed by atoms with E-state index in [9.17, 15) is 4.79 Å². The number of anilines is 2. The first-order valence-corrected chi connectivity index (χ1v) is 11.5. The van der Waals surface area contributed by atoms with Crippen LogP contribution in [0.5, 0.6) is 0 Å². The lowest BCUT2D eigenvalue weighted by atomic mass is 9.76. The second-order valence-electron chi connectivity index (χ2n) is 8.35. The van der Waals surface area contributed by atoms with E-state index in [2.05, 4.69) is 22.2 Å². The number of pyridine rings is 2. The Bertz CT molecular complexity index is 1030. The molecule has 8 heteroatoms. The van der Waals surface area contributed by atoms with Crippen molar-refractivity contribution in [2.75, 3.05) is 16.8 Å². The zero-order valence-electron chi connectivity index (χ0n) is 17.4. The van der Waals surface area contributed by atoms with Gasteiger partial charge in [-0.25, -0.2) is 14.8 Å². The van der Waals surface area contributed by atoms with Crippen LogP contribution in [0.15, 0.2) is 54.2 Å². The number of nitrogens with one attached hydrogen (secondary N) is 1. The summed E-state index contributed by atoms with van der Waals surface area (Å²) in [6.07, 6.45) is 6.97. The van der Waals surface area contributed by atoms with Gasteiger partial charge in [0.1, 0.15) is 17.1 Å². The molecule has 0 aromatic carbocycles. The largest absolute Gasteiger partial charge is 0.441 e. The topological polar surface area (TPSA) is 80.2 Å². The predicted octanol–water partition coefficient (Wildman–Crippen LogP) is 4.99. The van der Waals surface area contributed by atoms with Gasteiger partial charge in [0.05, 0.1) is 12.2 Å². The Hall–Kier alpha value is -3.00. The zero-order chi connectivity index (χ0) is 21.3. The van der Waals surface area contributed by atoms with Crippen molar-refractivity contribution < 1.29 is 9.53 Å². The summed E-state index contributed by atoms with van der Waals surface area (Å²) >= 11 is 1.61. The van der Waals surface area contributed by atoms with E-state index < -0.39 is 5.60 Å². The summed E-state index contributed by atoms with van der Waals surface area (Å²) in [6, 6.07) is 11.7. The van der Waals surface area contributed by atoms with E-state index in [1.807, 2.05) is 41.8 Å². The minimum absolute atomic E-state index is 0.284. The summed E-state index contributed by atoms with van der Waals surface area (Å²) in [4.78, 5) is 27.5. The van der Waals surface area contributed by atoms with Crippen molar-refractivity contribution in [2.24, 2.45) is 5.92 Å². The molecular weight excluding hydrogens is 410 g/mol. The van der Waals surface area contributed by atoms with E-state index >= 15 is 0 Å². The molecule has 3 aromatic rings. The molecule has 1 spiro atoms. The lowest BCUT2D eigenvalue weighted by Crippen LogP contribution is -2.41. The molecule has 1 aliphatic carbocycles. The van der Waals surface area contributed by atoms with Crippen LogP contribution in [0.4, 0.5) is 15.7 Å². The third kappa shape index (κ3) is 4.12. The first-order chi connectivity index (χ1) is 15.1. The molecular formula is C23H25N5O2S. The van der Waals surface area contributed by atoms with Crippen molar-refractivity contribution in [1.29, 1.82) is 0 Å². The number of ether oxygens (including phenoxy) is 1. The first kappa shape index (κ1) is 19.9. The third-order valence-electron chi connectivity index (χ3n) is 6.33. The number of thiazole rings is 1. The van der Waals surface area contributed by atoms with E-state index in [0.29, 0.717) is 24.3 Å². The van der Waals surface area contributed by atoms with Crippen LogP contribution in [0, 0.1) is 5.92 Å². The second-order valence-corrected chi connectivity index (χ2v) is 9.21. The van der Waals surface area contributed by atoms with Gasteiger partial charge >= 0.3 is 6.09 Å². The highest BCUT2D eigenvalue weighted by atomic mass is 32.1. The Balaban J connectivity index is 1.18. The van der Waals surface area contributed by atoms with Gasteiger partial charge in [-0.15, -0.1) is 11.3 Å². The summed E-state index contributed by atoms with van der Waals surface area (Å²) in [7, 11) is 0.